The van der Waals surface area contributed by atoms with Gasteiger partial charge in [0.25, 0.3) is 0 Å². The lowest BCUT2D eigenvalue weighted by Gasteiger charge is -2.11. The highest BCUT2D eigenvalue weighted by atomic mass is 79.9. The molecule has 0 aliphatic carbocycles. The van der Waals surface area contributed by atoms with Crippen molar-refractivity contribution in [1.29, 1.82) is 0 Å². The summed E-state index contributed by atoms with van der Waals surface area (Å²) in [5.74, 6) is 0. The zero-order valence-electron chi connectivity index (χ0n) is 7.27. The van der Waals surface area contributed by atoms with Gasteiger partial charge in [0.2, 0.25) is 0 Å². The van der Waals surface area contributed by atoms with Crippen LogP contribution in [-0.4, -0.2) is 4.98 Å². The van der Waals surface area contributed by atoms with Gasteiger partial charge in [-0.05, 0) is 34.5 Å². The molecule has 1 aromatic rings. The molecule has 0 saturated heterocycles. The third kappa shape index (κ3) is 2.45. The van der Waals surface area contributed by atoms with Crippen molar-refractivity contribution in [3.63, 3.8) is 0 Å². The summed E-state index contributed by atoms with van der Waals surface area (Å²) in [4.78, 5) is 3.27. The van der Waals surface area contributed by atoms with Crippen LogP contribution < -0.4 is 5.73 Å². The predicted octanol–water partition coefficient (Wildman–Crippen LogP) is 2.88. The van der Waals surface area contributed by atoms with E-state index in [1.165, 1.54) is 0 Å². The Morgan fingerprint density at radius 2 is 2.07 bits per heavy atom. The molecule has 0 fully saturated rings. The molecule has 0 amide bonds. The molecule has 14 heavy (non-hydrogen) atoms. The molecule has 1 rings (SSSR count). The van der Waals surface area contributed by atoms with Gasteiger partial charge in [-0.15, -0.1) is 0 Å². The van der Waals surface area contributed by atoms with Crippen LogP contribution in [-0.2, 0) is 6.18 Å². The fourth-order valence-electron chi connectivity index (χ4n) is 0.958. The van der Waals surface area contributed by atoms with Gasteiger partial charge in [0.15, 0.2) is 0 Å². The predicted molar refractivity (Wildman–Crippen MR) is 49.5 cm³/mol. The Labute approximate surface area is 87.4 Å². The number of hydrogen-bond donors (Lipinski definition) is 1. The number of aromatic nitrogens is 1. The van der Waals surface area contributed by atoms with Gasteiger partial charge in [0, 0.05) is 16.7 Å². The van der Waals surface area contributed by atoms with E-state index in [1.807, 2.05) is 0 Å². The fraction of sp³-hybridized carbons (Fsp3) is 0.375. The van der Waals surface area contributed by atoms with E-state index >= 15 is 0 Å². The zero-order valence-corrected chi connectivity index (χ0v) is 8.85. The minimum absolute atomic E-state index is 0.396. The molecule has 1 aromatic heterocycles. The van der Waals surface area contributed by atoms with E-state index in [4.69, 9.17) is 5.73 Å². The lowest BCUT2D eigenvalue weighted by Crippen LogP contribution is -2.12. The lowest BCUT2D eigenvalue weighted by atomic mass is 10.1. The molecule has 0 bridgehead atoms. The van der Waals surface area contributed by atoms with Crippen LogP contribution in [0.15, 0.2) is 16.7 Å². The van der Waals surface area contributed by atoms with Crippen LogP contribution >= 0.6 is 15.9 Å². The van der Waals surface area contributed by atoms with Gasteiger partial charge in [-0.3, -0.25) is 4.98 Å². The highest BCUT2D eigenvalue weighted by Gasteiger charge is 2.33. The number of pyridine rings is 1. The second-order valence-electron chi connectivity index (χ2n) is 2.88. The minimum atomic E-state index is -4.43. The number of nitrogens with zero attached hydrogens (tertiary/aromatic N) is 1. The first-order valence-corrected chi connectivity index (χ1v) is 4.60. The van der Waals surface area contributed by atoms with Crippen molar-refractivity contribution >= 4 is 15.9 Å². The molecular weight excluding hydrogens is 261 g/mol. The fourth-order valence-corrected chi connectivity index (χ4v) is 1.54. The third-order valence-corrected chi connectivity index (χ3v) is 2.33. The quantitative estimate of drug-likeness (QED) is 0.851. The molecule has 2 nitrogen and oxygen atoms in total. The maximum Gasteiger partial charge on any atom is 0.433 e. The molecule has 0 saturated carbocycles. The van der Waals surface area contributed by atoms with Crippen molar-refractivity contribution in [2.24, 2.45) is 5.73 Å². The third-order valence-electron chi connectivity index (χ3n) is 1.67. The number of alkyl halides is 3. The summed E-state index contributed by atoms with van der Waals surface area (Å²) in [6.07, 6.45) is -3.31. The summed E-state index contributed by atoms with van der Waals surface area (Å²) in [7, 11) is 0. The summed E-state index contributed by atoms with van der Waals surface area (Å²) >= 11 is 3.09. The summed E-state index contributed by atoms with van der Waals surface area (Å²) < 4.78 is 37.2. The highest BCUT2D eigenvalue weighted by Crippen LogP contribution is 2.31. The van der Waals surface area contributed by atoms with Crippen LogP contribution in [0.1, 0.15) is 24.2 Å². The van der Waals surface area contributed by atoms with Crippen LogP contribution in [0, 0.1) is 0 Å². The first-order chi connectivity index (χ1) is 6.32. The molecule has 0 radical (unpaired) electrons. The minimum Gasteiger partial charge on any atom is -0.324 e. The zero-order chi connectivity index (χ0) is 10.9. The normalized spacial score (nSPS) is 14.1. The monoisotopic (exact) mass is 268 g/mol. The van der Waals surface area contributed by atoms with Gasteiger partial charge in [-0.1, -0.05) is 0 Å². The Bertz CT molecular complexity index is 336. The molecule has 0 aromatic carbocycles. The van der Waals surface area contributed by atoms with Gasteiger partial charge in [-0.25, -0.2) is 0 Å². The standard InChI is InChI=1S/C8H8BrF3N2/c1-4(13)5-2-7(8(10,11)12)14-3-6(5)9/h2-4H,13H2,1H3. The Morgan fingerprint density at radius 3 is 2.50 bits per heavy atom. The molecule has 1 unspecified atom stereocenters. The molecule has 6 heteroatoms. The lowest BCUT2D eigenvalue weighted by molar-refractivity contribution is -0.141. The summed E-state index contributed by atoms with van der Waals surface area (Å²) in [5.41, 5.74) is 4.97. The Kier molecular flexibility index (Phi) is 3.16. The molecule has 0 aliphatic rings. The van der Waals surface area contributed by atoms with Gasteiger partial charge < -0.3 is 5.73 Å². The van der Waals surface area contributed by atoms with E-state index in [1.54, 1.807) is 6.92 Å². The van der Waals surface area contributed by atoms with Gasteiger partial charge in [-0.2, -0.15) is 13.2 Å². The van der Waals surface area contributed by atoms with Crippen molar-refractivity contribution in [3.05, 3.63) is 28.0 Å². The maximum atomic E-state index is 12.2. The molecule has 1 atom stereocenters. The Balaban J connectivity index is 3.20. The van der Waals surface area contributed by atoms with Gasteiger partial charge >= 0.3 is 6.18 Å². The van der Waals surface area contributed by atoms with Crippen LogP contribution in [0.5, 0.6) is 0 Å². The van der Waals surface area contributed by atoms with E-state index in [9.17, 15) is 13.2 Å². The average Bonchev–Trinajstić information content (AvgIpc) is 2.02. The van der Waals surface area contributed by atoms with Gasteiger partial charge in [0.1, 0.15) is 5.69 Å². The summed E-state index contributed by atoms with van der Waals surface area (Å²) in [6, 6.07) is 0.489. The van der Waals surface area contributed by atoms with Crippen LogP contribution in [0.25, 0.3) is 0 Å². The van der Waals surface area contributed by atoms with Crippen molar-refractivity contribution in [2.45, 2.75) is 19.1 Å². The molecule has 2 N–H and O–H groups in total. The van der Waals surface area contributed by atoms with E-state index < -0.39 is 17.9 Å². The topological polar surface area (TPSA) is 38.9 Å². The van der Waals surface area contributed by atoms with Crippen molar-refractivity contribution in [3.8, 4) is 0 Å². The second-order valence-corrected chi connectivity index (χ2v) is 3.73. The van der Waals surface area contributed by atoms with Crippen molar-refractivity contribution in [1.82, 2.24) is 4.98 Å². The van der Waals surface area contributed by atoms with Crippen LogP contribution in [0.3, 0.4) is 0 Å². The Hall–Kier alpha value is -0.620. The first kappa shape index (κ1) is 11.5. The molecular formula is C8H8BrF3N2. The molecule has 0 spiro atoms. The van der Waals surface area contributed by atoms with Crippen LogP contribution in [0.2, 0.25) is 0 Å². The number of halogens is 4. The molecule has 0 aliphatic heterocycles. The largest absolute Gasteiger partial charge is 0.433 e. The second kappa shape index (κ2) is 3.86. The maximum absolute atomic E-state index is 12.2. The van der Waals surface area contributed by atoms with E-state index in [2.05, 4.69) is 20.9 Å². The van der Waals surface area contributed by atoms with Crippen molar-refractivity contribution in [2.75, 3.05) is 0 Å². The highest BCUT2D eigenvalue weighted by molar-refractivity contribution is 9.10. The smallest absolute Gasteiger partial charge is 0.324 e. The van der Waals surface area contributed by atoms with E-state index in [-0.39, 0.29) is 0 Å². The van der Waals surface area contributed by atoms with Crippen LogP contribution in [0.4, 0.5) is 13.2 Å². The Morgan fingerprint density at radius 1 is 1.50 bits per heavy atom. The first-order valence-electron chi connectivity index (χ1n) is 3.80. The van der Waals surface area contributed by atoms with E-state index in [0.717, 1.165) is 12.3 Å². The van der Waals surface area contributed by atoms with E-state index in [0.29, 0.717) is 10.0 Å². The van der Waals surface area contributed by atoms with Crippen molar-refractivity contribution < 1.29 is 13.2 Å². The molecule has 1 heterocycles. The number of hydrogen-bond acceptors (Lipinski definition) is 2. The number of rotatable bonds is 1. The summed E-state index contributed by atoms with van der Waals surface area (Å²) in [6.45, 7) is 1.61. The SMILES string of the molecule is CC(N)c1cc(C(F)(F)F)ncc1Br. The average molecular weight is 269 g/mol. The van der Waals surface area contributed by atoms with Gasteiger partial charge in [0.05, 0.1) is 0 Å². The summed E-state index contributed by atoms with van der Waals surface area (Å²) in [5, 5.41) is 0. The molecule has 78 valence electrons. The number of nitrogens with two attached hydrogens (primary N) is 1.